The molecule has 2 N–H and O–H groups in total. The highest BCUT2D eigenvalue weighted by atomic mass is 31.1. The third kappa shape index (κ3) is 1.40. The summed E-state index contributed by atoms with van der Waals surface area (Å²) in [4.78, 5) is 0. The lowest BCUT2D eigenvalue weighted by Gasteiger charge is -2.22. The zero-order chi connectivity index (χ0) is 10.3. The van der Waals surface area contributed by atoms with Gasteiger partial charge in [-0.3, -0.25) is 5.32 Å². The zero-order valence-corrected chi connectivity index (χ0v) is 9.54. The molecule has 0 saturated heterocycles. The lowest BCUT2D eigenvalue weighted by Crippen LogP contribution is -2.76. The van der Waals surface area contributed by atoms with E-state index in [0.717, 1.165) is 0 Å². The summed E-state index contributed by atoms with van der Waals surface area (Å²) in [6, 6.07) is 17.5. The average molecular weight is 214 g/mol. The second-order valence-electron chi connectivity index (χ2n) is 3.82. The van der Waals surface area contributed by atoms with E-state index in [1.807, 2.05) is 0 Å². The smallest absolute Gasteiger partial charge is 0.142 e. The summed E-state index contributed by atoms with van der Waals surface area (Å²) in [5.41, 5.74) is 2.79. The van der Waals surface area contributed by atoms with E-state index >= 15 is 0 Å². The Morgan fingerprint density at radius 2 is 1.27 bits per heavy atom. The molecule has 0 bridgehead atoms. The van der Waals surface area contributed by atoms with E-state index < -0.39 is 0 Å². The Morgan fingerprint density at radius 3 is 1.80 bits per heavy atom. The van der Waals surface area contributed by atoms with Gasteiger partial charge in [0.25, 0.3) is 0 Å². The molecular formula is C13H13NP+. The van der Waals surface area contributed by atoms with Crippen molar-refractivity contribution in [3.8, 4) is 0 Å². The van der Waals surface area contributed by atoms with Crippen LogP contribution in [0.2, 0.25) is 0 Å². The highest BCUT2D eigenvalue weighted by molar-refractivity contribution is 7.73. The van der Waals surface area contributed by atoms with Crippen molar-refractivity contribution in [1.82, 2.24) is 0 Å². The molecule has 0 aromatic heterocycles. The van der Waals surface area contributed by atoms with Gasteiger partial charge in [0.2, 0.25) is 0 Å². The topological polar surface area (TPSA) is 16.6 Å². The van der Waals surface area contributed by atoms with Crippen LogP contribution in [0.3, 0.4) is 0 Å². The van der Waals surface area contributed by atoms with E-state index in [-0.39, 0.29) is 7.92 Å². The van der Waals surface area contributed by atoms with Crippen LogP contribution < -0.4 is 15.9 Å². The minimum Gasteiger partial charge on any atom is -0.280 e. The van der Waals surface area contributed by atoms with Crippen LogP contribution in [0.4, 0.5) is 11.4 Å². The van der Waals surface area contributed by atoms with Crippen LogP contribution >= 0.6 is 7.92 Å². The SMILES string of the molecule is CP1c2ccccc2[NH2+]c2ccccc21. The van der Waals surface area contributed by atoms with Gasteiger partial charge < -0.3 is 0 Å². The van der Waals surface area contributed by atoms with E-state index in [9.17, 15) is 0 Å². The van der Waals surface area contributed by atoms with Crippen LogP contribution in [0.25, 0.3) is 0 Å². The number of benzene rings is 2. The van der Waals surface area contributed by atoms with Gasteiger partial charge in [0.15, 0.2) is 0 Å². The summed E-state index contributed by atoms with van der Waals surface area (Å²) >= 11 is 0. The van der Waals surface area contributed by atoms with E-state index in [4.69, 9.17) is 0 Å². The maximum absolute atomic E-state index is 2.35. The van der Waals surface area contributed by atoms with Gasteiger partial charge in [0, 0.05) is 22.7 Å². The van der Waals surface area contributed by atoms with E-state index in [0.29, 0.717) is 0 Å². The number of hydrogen-bond donors (Lipinski definition) is 1. The minimum atomic E-state index is -0.155. The van der Waals surface area contributed by atoms with Crippen LogP contribution in [0.1, 0.15) is 0 Å². The monoisotopic (exact) mass is 214 g/mol. The van der Waals surface area contributed by atoms with Gasteiger partial charge in [-0.05, 0) is 26.7 Å². The molecule has 1 nitrogen and oxygen atoms in total. The van der Waals surface area contributed by atoms with Gasteiger partial charge in [0.05, 0.1) is 0 Å². The number of fused-ring (bicyclic) bond motifs is 2. The van der Waals surface area contributed by atoms with Crippen LogP contribution in [0, 0.1) is 0 Å². The molecule has 0 aliphatic carbocycles. The molecule has 2 aromatic carbocycles. The molecular weight excluding hydrogens is 201 g/mol. The Morgan fingerprint density at radius 1 is 0.800 bits per heavy atom. The van der Waals surface area contributed by atoms with E-state index in [1.54, 1.807) is 0 Å². The Balaban J connectivity index is 2.20. The molecule has 2 heteroatoms. The van der Waals surface area contributed by atoms with Crippen molar-refractivity contribution < 1.29 is 5.32 Å². The molecule has 1 aliphatic heterocycles. The summed E-state index contributed by atoms with van der Waals surface area (Å²) in [7, 11) is -0.155. The van der Waals surface area contributed by atoms with Gasteiger partial charge in [0.1, 0.15) is 11.4 Å². The predicted octanol–water partition coefficient (Wildman–Crippen LogP) is 1.59. The number of rotatable bonds is 0. The first-order valence-corrected chi connectivity index (χ1v) is 6.92. The largest absolute Gasteiger partial charge is 0.280 e. The van der Waals surface area contributed by atoms with Gasteiger partial charge in [-0.2, -0.15) is 0 Å². The third-order valence-electron chi connectivity index (χ3n) is 2.91. The zero-order valence-electron chi connectivity index (χ0n) is 8.64. The fraction of sp³-hybridized carbons (Fsp3) is 0.0769. The lowest BCUT2D eigenvalue weighted by molar-refractivity contribution is -0.476. The minimum absolute atomic E-state index is 0.155. The standard InChI is InChI=1S/C13H12NP/c1-15-12-8-4-2-6-10(12)14-11-7-3-5-9-13(11)15/h2-9,14H,1H3/p+1. The molecule has 0 saturated carbocycles. The molecule has 0 fully saturated rings. The number of hydrogen-bond acceptors (Lipinski definition) is 0. The Labute approximate surface area is 90.9 Å². The fourth-order valence-corrected chi connectivity index (χ4v) is 4.06. The second-order valence-corrected chi connectivity index (χ2v) is 5.90. The van der Waals surface area contributed by atoms with Gasteiger partial charge in [-0.25, -0.2) is 0 Å². The van der Waals surface area contributed by atoms with Crippen LogP contribution in [0.5, 0.6) is 0 Å². The molecule has 0 atom stereocenters. The first kappa shape index (κ1) is 9.08. The van der Waals surface area contributed by atoms with Crippen molar-refractivity contribution in [1.29, 1.82) is 0 Å². The van der Waals surface area contributed by atoms with Crippen molar-refractivity contribution in [2.45, 2.75) is 0 Å². The first-order valence-electron chi connectivity index (χ1n) is 5.13. The fourth-order valence-electron chi connectivity index (χ4n) is 2.13. The Hall–Kier alpha value is -1.17. The maximum Gasteiger partial charge on any atom is 0.142 e. The first-order chi connectivity index (χ1) is 7.36. The van der Waals surface area contributed by atoms with E-state index in [1.165, 1.54) is 22.0 Å². The molecule has 1 aliphatic rings. The van der Waals surface area contributed by atoms with Crippen molar-refractivity contribution in [2.75, 3.05) is 6.66 Å². The van der Waals surface area contributed by atoms with Crippen molar-refractivity contribution in [3.05, 3.63) is 48.5 Å². The quantitative estimate of drug-likeness (QED) is 0.506. The summed E-state index contributed by atoms with van der Waals surface area (Å²) in [5.74, 6) is 0. The summed E-state index contributed by atoms with van der Waals surface area (Å²) in [6.07, 6.45) is 0. The highest BCUT2D eigenvalue weighted by Gasteiger charge is 2.24. The molecule has 15 heavy (non-hydrogen) atoms. The Kier molecular flexibility index (Phi) is 2.09. The maximum atomic E-state index is 2.35. The van der Waals surface area contributed by atoms with Crippen molar-refractivity contribution in [2.24, 2.45) is 0 Å². The van der Waals surface area contributed by atoms with Crippen molar-refractivity contribution in [3.63, 3.8) is 0 Å². The molecule has 0 spiro atoms. The summed E-state index contributed by atoms with van der Waals surface area (Å²) < 4.78 is 0. The van der Waals surface area contributed by atoms with Crippen LogP contribution in [-0.4, -0.2) is 6.66 Å². The van der Waals surface area contributed by atoms with Crippen LogP contribution in [0.15, 0.2) is 48.5 Å². The third-order valence-corrected chi connectivity index (χ3v) is 5.17. The molecule has 2 aromatic rings. The molecule has 1 heterocycles. The summed E-state index contributed by atoms with van der Waals surface area (Å²) in [6.45, 7) is 2.35. The normalized spacial score (nSPS) is 14.5. The van der Waals surface area contributed by atoms with Crippen molar-refractivity contribution >= 4 is 29.9 Å². The number of quaternary nitrogens is 1. The average Bonchev–Trinajstić information content (AvgIpc) is 2.30. The number of para-hydroxylation sites is 2. The van der Waals surface area contributed by atoms with E-state index in [2.05, 4.69) is 60.5 Å². The summed E-state index contributed by atoms with van der Waals surface area (Å²) in [5, 5.41) is 5.31. The molecule has 0 unspecified atom stereocenters. The highest BCUT2D eigenvalue weighted by Crippen LogP contribution is 2.35. The van der Waals surface area contributed by atoms with Gasteiger partial charge in [-0.1, -0.05) is 24.3 Å². The molecule has 0 radical (unpaired) electrons. The predicted molar refractivity (Wildman–Crippen MR) is 66.2 cm³/mol. The molecule has 3 rings (SSSR count). The number of nitrogens with two attached hydrogens (primary N) is 1. The van der Waals surface area contributed by atoms with Gasteiger partial charge in [-0.15, -0.1) is 0 Å². The Bertz CT molecular complexity index is 462. The van der Waals surface area contributed by atoms with Gasteiger partial charge >= 0.3 is 0 Å². The molecule has 0 amide bonds. The lowest BCUT2D eigenvalue weighted by atomic mass is 10.2. The molecule has 74 valence electrons. The van der Waals surface area contributed by atoms with Crippen LogP contribution in [-0.2, 0) is 0 Å². The second kappa shape index (κ2) is 3.44.